The quantitative estimate of drug-likeness (QED) is 0.825. The van der Waals surface area contributed by atoms with E-state index in [1.54, 1.807) is 19.0 Å². The molecule has 1 aliphatic heterocycles. The third-order valence-electron chi connectivity index (χ3n) is 5.00. The first kappa shape index (κ1) is 20.4. The Bertz CT molecular complexity index is 600. The summed E-state index contributed by atoms with van der Waals surface area (Å²) >= 11 is 0. The van der Waals surface area contributed by atoms with Crippen molar-refractivity contribution in [2.45, 2.75) is 32.9 Å². The molecule has 0 unspecified atom stereocenters. The lowest BCUT2D eigenvalue weighted by molar-refractivity contribution is -0.130. The number of amides is 2. The Hall–Kier alpha value is -1.92. The van der Waals surface area contributed by atoms with Crippen molar-refractivity contribution in [1.82, 2.24) is 20.0 Å². The Labute approximate surface area is 157 Å². The molecule has 1 aromatic rings. The molecule has 1 atom stereocenters. The summed E-state index contributed by atoms with van der Waals surface area (Å²) in [7, 11) is 3.57. The molecular weight excluding hydrogens is 328 g/mol. The summed E-state index contributed by atoms with van der Waals surface area (Å²) in [6.07, 6.45) is 0.969. The molecule has 1 fully saturated rings. The minimum Gasteiger partial charge on any atom is -0.351 e. The van der Waals surface area contributed by atoms with E-state index in [9.17, 15) is 9.59 Å². The minimum absolute atomic E-state index is 0.0587. The third-order valence-corrected chi connectivity index (χ3v) is 5.00. The maximum atomic E-state index is 12.5. The standard InChI is InChI=1S/C20H32N4O2/c1-16-6-8-18(9-7-16)14-21-20(26)17(2)24-11-5-10-23(12-13-24)15-19(25)22(3)4/h6-9,17H,5,10-15H2,1-4H3,(H,21,26)/t17-/m1/s1. The van der Waals surface area contributed by atoms with Gasteiger partial charge in [-0.3, -0.25) is 19.4 Å². The number of nitrogens with zero attached hydrogens (tertiary/aromatic N) is 3. The molecule has 1 N–H and O–H groups in total. The second-order valence-corrected chi connectivity index (χ2v) is 7.33. The predicted molar refractivity (Wildman–Crippen MR) is 104 cm³/mol. The molecule has 1 saturated heterocycles. The fraction of sp³-hybridized carbons (Fsp3) is 0.600. The number of rotatable bonds is 6. The second kappa shape index (κ2) is 9.69. The maximum absolute atomic E-state index is 12.5. The fourth-order valence-corrected chi connectivity index (χ4v) is 3.08. The zero-order chi connectivity index (χ0) is 19.1. The molecule has 0 radical (unpaired) electrons. The van der Waals surface area contributed by atoms with Gasteiger partial charge in [0.05, 0.1) is 12.6 Å². The molecule has 2 amide bonds. The summed E-state index contributed by atoms with van der Waals surface area (Å²) in [6, 6.07) is 8.05. The van der Waals surface area contributed by atoms with E-state index >= 15 is 0 Å². The van der Waals surface area contributed by atoms with Crippen LogP contribution in [0.3, 0.4) is 0 Å². The zero-order valence-corrected chi connectivity index (χ0v) is 16.5. The topological polar surface area (TPSA) is 55.9 Å². The molecule has 0 spiro atoms. The summed E-state index contributed by atoms with van der Waals surface area (Å²) in [5.74, 6) is 0.186. The molecule has 6 heteroatoms. The van der Waals surface area contributed by atoms with Crippen LogP contribution in [0.4, 0.5) is 0 Å². The van der Waals surface area contributed by atoms with Crippen LogP contribution in [-0.4, -0.2) is 79.4 Å². The first-order valence-corrected chi connectivity index (χ1v) is 9.36. The number of hydrogen-bond acceptors (Lipinski definition) is 4. The van der Waals surface area contributed by atoms with E-state index in [2.05, 4.69) is 34.2 Å². The van der Waals surface area contributed by atoms with Crippen LogP contribution < -0.4 is 5.32 Å². The lowest BCUT2D eigenvalue weighted by Crippen LogP contribution is -2.46. The predicted octanol–water partition coefficient (Wildman–Crippen LogP) is 1.10. The van der Waals surface area contributed by atoms with Gasteiger partial charge in [-0.05, 0) is 32.4 Å². The Morgan fingerprint density at radius 2 is 1.81 bits per heavy atom. The van der Waals surface area contributed by atoms with Crippen molar-refractivity contribution in [3.63, 3.8) is 0 Å². The molecule has 6 nitrogen and oxygen atoms in total. The largest absolute Gasteiger partial charge is 0.351 e. The van der Waals surface area contributed by atoms with Crippen LogP contribution in [-0.2, 0) is 16.1 Å². The fourth-order valence-electron chi connectivity index (χ4n) is 3.08. The van der Waals surface area contributed by atoms with Crippen molar-refractivity contribution in [3.05, 3.63) is 35.4 Å². The number of benzene rings is 1. The lowest BCUT2D eigenvalue weighted by atomic mass is 10.1. The molecule has 1 aromatic carbocycles. The molecular formula is C20H32N4O2. The maximum Gasteiger partial charge on any atom is 0.237 e. The lowest BCUT2D eigenvalue weighted by Gasteiger charge is -2.27. The van der Waals surface area contributed by atoms with Crippen molar-refractivity contribution < 1.29 is 9.59 Å². The average Bonchev–Trinajstić information content (AvgIpc) is 2.85. The van der Waals surface area contributed by atoms with E-state index in [-0.39, 0.29) is 17.9 Å². The summed E-state index contributed by atoms with van der Waals surface area (Å²) in [5.41, 5.74) is 2.33. The minimum atomic E-state index is -0.162. The molecule has 144 valence electrons. The van der Waals surface area contributed by atoms with Crippen LogP contribution in [0.25, 0.3) is 0 Å². The molecule has 2 rings (SSSR count). The SMILES string of the molecule is Cc1ccc(CNC(=O)[C@@H](C)N2CCCN(CC(=O)N(C)C)CC2)cc1. The normalized spacial score (nSPS) is 17.4. The van der Waals surface area contributed by atoms with E-state index in [1.165, 1.54) is 5.56 Å². The van der Waals surface area contributed by atoms with Gasteiger partial charge in [0.25, 0.3) is 0 Å². The molecule has 1 heterocycles. The van der Waals surface area contributed by atoms with Crippen molar-refractivity contribution in [2.75, 3.05) is 46.8 Å². The van der Waals surface area contributed by atoms with E-state index in [0.29, 0.717) is 13.1 Å². The molecule has 0 aromatic heterocycles. The molecule has 1 aliphatic rings. The van der Waals surface area contributed by atoms with Gasteiger partial charge in [-0.15, -0.1) is 0 Å². The summed E-state index contributed by atoms with van der Waals surface area (Å²) in [5, 5.41) is 3.04. The Morgan fingerprint density at radius 3 is 2.46 bits per heavy atom. The van der Waals surface area contributed by atoms with Crippen molar-refractivity contribution in [2.24, 2.45) is 0 Å². The highest BCUT2D eigenvalue weighted by Crippen LogP contribution is 2.09. The van der Waals surface area contributed by atoms with E-state index in [1.807, 2.05) is 19.1 Å². The Kier molecular flexibility index (Phi) is 7.60. The number of carbonyl (C=O) groups excluding carboxylic acids is 2. The number of hydrogen-bond donors (Lipinski definition) is 1. The summed E-state index contributed by atoms with van der Waals surface area (Å²) < 4.78 is 0. The van der Waals surface area contributed by atoms with Gasteiger partial charge in [-0.2, -0.15) is 0 Å². The van der Waals surface area contributed by atoms with E-state index < -0.39 is 0 Å². The average molecular weight is 361 g/mol. The van der Waals surface area contributed by atoms with Gasteiger partial charge >= 0.3 is 0 Å². The van der Waals surface area contributed by atoms with Crippen LogP contribution in [0, 0.1) is 6.92 Å². The van der Waals surface area contributed by atoms with Gasteiger partial charge in [0, 0.05) is 40.3 Å². The first-order chi connectivity index (χ1) is 12.4. The number of aryl methyl sites for hydroxylation is 1. The third kappa shape index (κ3) is 6.11. The van der Waals surface area contributed by atoms with Gasteiger partial charge in [0.2, 0.25) is 11.8 Å². The van der Waals surface area contributed by atoms with Gasteiger partial charge in [-0.25, -0.2) is 0 Å². The summed E-state index contributed by atoms with van der Waals surface area (Å²) in [4.78, 5) is 30.4. The highest BCUT2D eigenvalue weighted by Gasteiger charge is 2.24. The number of likely N-dealkylation sites (N-methyl/N-ethyl adjacent to an activating group) is 1. The van der Waals surface area contributed by atoms with Crippen LogP contribution in [0.15, 0.2) is 24.3 Å². The Morgan fingerprint density at radius 1 is 1.12 bits per heavy atom. The highest BCUT2D eigenvalue weighted by molar-refractivity contribution is 5.81. The summed E-state index contributed by atoms with van der Waals surface area (Å²) in [6.45, 7) is 8.43. The highest BCUT2D eigenvalue weighted by atomic mass is 16.2. The van der Waals surface area contributed by atoms with Crippen molar-refractivity contribution >= 4 is 11.8 Å². The van der Waals surface area contributed by atoms with Gasteiger partial charge in [-0.1, -0.05) is 29.8 Å². The smallest absolute Gasteiger partial charge is 0.237 e. The molecule has 0 saturated carbocycles. The van der Waals surface area contributed by atoms with Crippen molar-refractivity contribution in [3.8, 4) is 0 Å². The monoisotopic (exact) mass is 360 g/mol. The molecule has 26 heavy (non-hydrogen) atoms. The molecule has 0 aliphatic carbocycles. The molecule has 0 bridgehead atoms. The van der Waals surface area contributed by atoms with Crippen LogP contribution >= 0.6 is 0 Å². The zero-order valence-electron chi connectivity index (χ0n) is 16.5. The van der Waals surface area contributed by atoms with Gasteiger partial charge < -0.3 is 10.2 Å². The van der Waals surface area contributed by atoms with Crippen LogP contribution in [0.5, 0.6) is 0 Å². The Balaban J connectivity index is 1.80. The van der Waals surface area contributed by atoms with Gasteiger partial charge in [0.1, 0.15) is 0 Å². The van der Waals surface area contributed by atoms with Gasteiger partial charge in [0.15, 0.2) is 0 Å². The van der Waals surface area contributed by atoms with E-state index in [4.69, 9.17) is 0 Å². The van der Waals surface area contributed by atoms with Crippen LogP contribution in [0.2, 0.25) is 0 Å². The number of carbonyl (C=O) groups is 2. The van der Waals surface area contributed by atoms with E-state index in [0.717, 1.165) is 38.2 Å². The first-order valence-electron chi connectivity index (χ1n) is 9.36. The van der Waals surface area contributed by atoms with Crippen LogP contribution in [0.1, 0.15) is 24.5 Å². The van der Waals surface area contributed by atoms with Crippen molar-refractivity contribution in [1.29, 1.82) is 0 Å². The second-order valence-electron chi connectivity index (χ2n) is 7.33. The number of nitrogens with one attached hydrogen (secondary N) is 1.